The first-order valence-electron chi connectivity index (χ1n) is 17.7. The first kappa shape index (κ1) is 34.7. The number of piperidine rings is 1. The molecule has 2 saturated heterocycles. The maximum atomic E-state index is 13.0. The topological polar surface area (TPSA) is 119 Å². The molecular formula is C39H48N8O3. The van der Waals surface area contributed by atoms with E-state index in [1.54, 1.807) is 15.6 Å². The Morgan fingerprint density at radius 2 is 1.62 bits per heavy atom. The summed E-state index contributed by atoms with van der Waals surface area (Å²) in [5.41, 5.74) is 5.27. The second-order valence-corrected chi connectivity index (χ2v) is 14.8. The number of nitrogens with zero attached hydrogens (tertiary/aromatic N) is 7. The molecule has 0 aliphatic carbocycles. The fraction of sp³-hybridized carbons (Fsp3) is 0.462. The molecule has 1 N–H and O–H groups in total. The molecule has 4 aromatic rings. The fourth-order valence-corrected chi connectivity index (χ4v) is 6.97. The van der Waals surface area contributed by atoms with Crippen molar-refractivity contribution in [3.63, 3.8) is 0 Å². The summed E-state index contributed by atoms with van der Waals surface area (Å²) in [6.07, 6.45) is 7.56. The standard InChI is InChI=1S/C39H48N8O3/c1-7-39(36(48)43-27(2)3)14-16-45(17-15-39)34-13-10-29(24-41-34)33-22-30(26-47-35(33)31(23-40)25-42-47)28-8-11-32(12-9-28)44-18-20-46(21-19-44)37(49)50-38(4,5)6/h8-13,22,24-27H,7,14-21H2,1-6H3,(H,43,48). The molecule has 2 aliphatic heterocycles. The zero-order valence-electron chi connectivity index (χ0n) is 30.1. The van der Waals surface area contributed by atoms with Gasteiger partial charge in [-0.05, 0) is 89.8 Å². The highest BCUT2D eigenvalue weighted by atomic mass is 16.6. The third kappa shape index (κ3) is 7.25. The van der Waals surface area contributed by atoms with Crippen LogP contribution in [0.3, 0.4) is 0 Å². The first-order chi connectivity index (χ1) is 23.9. The fourth-order valence-electron chi connectivity index (χ4n) is 6.97. The minimum atomic E-state index is -0.510. The number of ether oxygens (including phenoxy) is 1. The molecule has 3 aromatic heterocycles. The Hall–Kier alpha value is -5.11. The second kappa shape index (κ2) is 14.0. The van der Waals surface area contributed by atoms with E-state index in [0.717, 1.165) is 84.7 Å². The molecule has 2 fully saturated rings. The smallest absolute Gasteiger partial charge is 0.410 e. The van der Waals surface area contributed by atoms with Gasteiger partial charge in [-0.3, -0.25) is 4.79 Å². The lowest BCUT2D eigenvalue weighted by Crippen LogP contribution is -2.50. The van der Waals surface area contributed by atoms with Gasteiger partial charge >= 0.3 is 6.09 Å². The summed E-state index contributed by atoms with van der Waals surface area (Å²) in [7, 11) is 0. The number of hydrogen-bond donors (Lipinski definition) is 1. The second-order valence-electron chi connectivity index (χ2n) is 14.8. The van der Waals surface area contributed by atoms with Crippen LogP contribution in [0, 0.1) is 16.7 Å². The molecule has 0 bridgehead atoms. The van der Waals surface area contributed by atoms with Gasteiger partial charge < -0.3 is 24.8 Å². The van der Waals surface area contributed by atoms with E-state index in [4.69, 9.17) is 9.72 Å². The van der Waals surface area contributed by atoms with E-state index in [-0.39, 0.29) is 23.5 Å². The summed E-state index contributed by atoms with van der Waals surface area (Å²) in [4.78, 5) is 36.7. The Balaban J connectivity index is 1.19. The number of fused-ring (bicyclic) bond motifs is 1. The minimum absolute atomic E-state index is 0.125. The van der Waals surface area contributed by atoms with E-state index in [1.165, 1.54) is 0 Å². The third-order valence-corrected chi connectivity index (χ3v) is 9.91. The molecule has 5 heterocycles. The number of benzene rings is 1. The molecule has 0 atom stereocenters. The van der Waals surface area contributed by atoms with Gasteiger partial charge in [-0.1, -0.05) is 19.1 Å². The van der Waals surface area contributed by atoms with Crippen molar-refractivity contribution in [3.8, 4) is 28.3 Å². The molecule has 2 aliphatic rings. The van der Waals surface area contributed by atoms with E-state index < -0.39 is 5.60 Å². The van der Waals surface area contributed by atoms with Gasteiger partial charge in [0.05, 0.1) is 22.7 Å². The Labute approximate surface area is 294 Å². The van der Waals surface area contributed by atoms with E-state index in [0.29, 0.717) is 18.7 Å². The monoisotopic (exact) mass is 676 g/mol. The molecule has 262 valence electrons. The van der Waals surface area contributed by atoms with E-state index >= 15 is 0 Å². The van der Waals surface area contributed by atoms with Gasteiger partial charge in [-0.2, -0.15) is 10.4 Å². The quantitative estimate of drug-likeness (QED) is 0.235. The highest BCUT2D eigenvalue weighted by molar-refractivity contribution is 5.88. The molecule has 2 amide bonds. The van der Waals surface area contributed by atoms with Crippen LogP contribution in [-0.4, -0.2) is 82.4 Å². The third-order valence-electron chi connectivity index (χ3n) is 9.91. The molecule has 0 radical (unpaired) electrons. The Kier molecular flexibility index (Phi) is 9.74. The van der Waals surface area contributed by atoms with Crippen LogP contribution < -0.4 is 15.1 Å². The zero-order chi connectivity index (χ0) is 35.6. The lowest BCUT2D eigenvalue weighted by Gasteiger charge is -2.41. The van der Waals surface area contributed by atoms with Crippen LogP contribution in [0.5, 0.6) is 0 Å². The van der Waals surface area contributed by atoms with Crippen molar-refractivity contribution in [1.82, 2.24) is 24.8 Å². The number of carbonyl (C=O) groups is 2. The summed E-state index contributed by atoms with van der Waals surface area (Å²) in [6.45, 7) is 16.0. The van der Waals surface area contributed by atoms with Gasteiger partial charge in [0.1, 0.15) is 17.5 Å². The van der Waals surface area contributed by atoms with Crippen LogP contribution in [-0.2, 0) is 9.53 Å². The molecule has 11 heteroatoms. The number of amides is 2. The van der Waals surface area contributed by atoms with Crippen molar-refractivity contribution < 1.29 is 14.3 Å². The average Bonchev–Trinajstić information content (AvgIpc) is 3.54. The number of anilines is 2. The number of nitriles is 1. The van der Waals surface area contributed by atoms with E-state index in [1.807, 2.05) is 53.1 Å². The van der Waals surface area contributed by atoms with Crippen molar-refractivity contribution in [2.24, 2.45) is 5.41 Å². The number of carbonyl (C=O) groups excluding carboxylic acids is 2. The van der Waals surface area contributed by atoms with Crippen molar-refractivity contribution in [1.29, 1.82) is 5.26 Å². The molecule has 0 spiro atoms. The van der Waals surface area contributed by atoms with Crippen LogP contribution in [0.1, 0.15) is 66.4 Å². The maximum absolute atomic E-state index is 13.0. The number of pyridine rings is 2. The van der Waals surface area contributed by atoms with Crippen LogP contribution >= 0.6 is 0 Å². The van der Waals surface area contributed by atoms with Gasteiger partial charge in [0, 0.05) is 80.1 Å². The van der Waals surface area contributed by atoms with Gasteiger partial charge in [0.2, 0.25) is 5.91 Å². The lowest BCUT2D eigenvalue weighted by atomic mass is 9.75. The lowest BCUT2D eigenvalue weighted by molar-refractivity contribution is -0.133. The SMILES string of the molecule is CCC1(C(=O)NC(C)C)CCN(c2ccc(-c3cc(-c4ccc(N5CCN(C(=O)OC(C)(C)C)CC5)cc4)cn4ncc(C#N)c34)cn2)CC1. The minimum Gasteiger partial charge on any atom is -0.444 e. The summed E-state index contributed by atoms with van der Waals surface area (Å²) in [5, 5.41) is 17.6. The van der Waals surface area contributed by atoms with Crippen molar-refractivity contribution in [3.05, 3.63) is 66.6 Å². The summed E-state index contributed by atoms with van der Waals surface area (Å²) in [5.74, 6) is 1.04. The number of nitrogens with one attached hydrogen (secondary N) is 1. The summed E-state index contributed by atoms with van der Waals surface area (Å²) < 4.78 is 7.33. The number of hydrogen-bond acceptors (Lipinski definition) is 8. The molecule has 50 heavy (non-hydrogen) atoms. The highest BCUT2D eigenvalue weighted by Crippen LogP contribution is 2.38. The van der Waals surface area contributed by atoms with E-state index in [9.17, 15) is 14.9 Å². The summed E-state index contributed by atoms with van der Waals surface area (Å²) in [6, 6.07) is 17.0. The molecular weight excluding hydrogens is 628 g/mol. The van der Waals surface area contributed by atoms with E-state index in [2.05, 4.69) is 69.6 Å². The van der Waals surface area contributed by atoms with Gasteiger partial charge in [-0.25, -0.2) is 14.3 Å². The Morgan fingerprint density at radius 3 is 2.20 bits per heavy atom. The zero-order valence-corrected chi connectivity index (χ0v) is 30.1. The molecule has 1 aromatic carbocycles. The predicted octanol–water partition coefficient (Wildman–Crippen LogP) is 6.51. The summed E-state index contributed by atoms with van der Waals surface area (Å²) >= 11 is 0. The van der Waals surface area contributed by atoms with Crippen LogP contribution in [0.15, 0.2) is 61.1 Å². The van der Waals surface area contributed by atoms with Crippen LogP contribution in [0.25, 0.3) is 27.8 Å². The molecule has 6 rings (SSSR count). The Morgan fingerprint density at radius 1 is 0.940 bits per heavy atom. The first-order valence-corrected chi connectivity index (χ1v) is 17.7. The highest BCUT2D eigenvalue weighted by Gasteiger charge is 2.40. The van der Waals surface area contributed by atoms with Crippen molar-refractivity contribution in [2.75, 3.05) is 49.1 Å². The maximum Gasteiger partial charge on any atom is 0.410 e. The number of aromatic nitrogens is 3. The van der Waals surface area contributed by atoms with Gasteiger partial charge in [0.15, 0.2) is 0 Å². The molecule has 11 nitrogen and oxygen atoms in total. The molecule has 0 unspecified atom stereocenters. The molecule has 0 saturated carbocycles. The Bertz CT molecular complexity index is 1870. The van der Waals surface area contributed by atoms with Crippen LogP contribution in [0.4, 0.5) is 16.3 Å². The number of rotatable bonds is 7. The normalized spacial score (nSPS) is 16.4. The van der Waals surface area contributed by atoms with Crippen LogP contribution in [0.2, 0.25) is 0 Å². The van der Waals surface area contributed by atoms with Crippen molar-refractivity contribution in [2.45, 2.75) is 72.4 Å². The number of piperazine rings is 1. The predicted molar refractivity (Wildman–Crippen MR) is 196 cm³/mol. The van der Waals surface area contributed by atoms with Gasteiger partial charge in [0.25, 0.3) is 0 Å². The van der Waals surface area contributed by atoms with Gasteiger partial charge in [-0.15, -0.1) is 0 Å². The van der Waals surface area contributed by atoms with Crippen molar-refractivity contribution >= 4 is 29.0 Å². The largest absolute Gasteiger partial charge is 0.444 e. The average molecular weight is 677 g/mol.